The Morgan fingerprint density at radius 2 is 1.47 bits per heavy atom. The smallest absolute Gasteiger partial charge is 0.0648 e. The van der Waals surface area contributed by atoms with Crippen molar-refractivity contribution in [3.63, 3.8) is 0 Å². The van der Waals surface area contributed by atoms with Crippen LogP contribution in [-0.4, -0.2) is 10.7 Å². The van der Waals surface area contributed by atoms with Crippen LogP contribution in [0.2, 0.25) is 0 Å². The van der Waals surface area contributed by atoms with Gasteiger partial charge in [0, 0.05) is 0 Å². The maximum Gasteiger partial charge on any atom is 0.0648 e. The fourth-order valence-corrected chi connectivity index (χ4v) is 6.16. The van der Waals surface area contributed by atoms with Gasteiger partial charge in [-0.1, -0.05) is 6.92 Å². The SMILES string of the molecule is CC12CCC(CC1)C(CC13CCC(O)(CC1)CC3)C2. The van der Waals surface area contributed by atoms with Gasteiger partial charge in [-0.2, -0.15) is 0 Å². The first-order valence-electron chi connectivity index (χ1n) is 8.73. The van der Waals surface area contributed by atoms with E-state index in [1.54, 1.807) is 0 Å². The van der Waals surface area contributed by atoms with Crippen LogP contribution in [0.3, 0.4) is 0 Å². The molecule has 0 radical (unpaired) electrons. The molecular weight excluding hydrogens is 232 g/mol. The maximum absolute atomic E-state index is 10.4. The second-order valence-electron chi connectivity index (χ2n) is 9.04. The van der Waals surface area contributed by atoms with Gasteiger partial charge in [0.2, 0.25) is 0 Å². The third-order valence-corrected chi connectivity index (χ3v) is 7.72. The van der Waals surface area contributed by atoms with Crippen LogP contribution in [0.15, 0.2) is 0 Å². The van der Waals surface area contributed by atoms with Crippen molar-refractivity contribution in [2.75, 3.05) is 0 Å². The molecule has 6 fully saturated rings. The van der Waals surface area contributed by atoms with Gasteiger partial charge in [0.1, 0.15) is 0 Å². The predicted molar refractivity (Wildman–Crippen MR) is 77.9 cm³/mol. The van der Waals surface area contributed by atoms with Crippen molar-refractivity contribution in [1.29, 1.82) is 0 Å². The van der Waals surface area contributed by atoms with Crippen LogP contribution in [-0.2, 0) is 0 Å². The summed E-state index contributed by atoms with van der Waals surface area (Å²) in [5.41, 5.74) is 1.09. The lowest BCUT2D eigenvalue weighted by Gasteiger charge is -2.56. The average Bonchev–Trinajstić information content (AvgIpc) is 2.41. The largest absolute Gasteiger partial charge is 0.390 e. The van der Waals surface area contributed by atoms with Crippen LogP contribution in [0, 0.1) is 22.7 Å². The van der Waals surface area contributed by atoms with Crippen LogP contribution in [0.5, 0.6) is 0 Å². The molecule has 0 aromatic rings. The Morgan fingerprint density at radius 3 is 2.00 bits per heavy atom. The summed E-state index contributed by atoms with van der Waals surface area (Å²) in [6.07, 6.45) is 16.3. The van der Waals surface area contributed by atoms with Gasteiger partial charge in [0.15, 0.2) is 0 Å². The molecule has 1 atom stereocenters. The lowest BCUT2D eigenvalue weighted by atomic mass is 9.50. The number of fused-ring (bicyclic) bond motifs is 6. The molecule has 1 heteroatoms. The Morgan fingerprint density at radius 1 is 0.895 bits per heavy atom. The first kappa shape index (κ1) is 12.7. The maximum atomic E-state index is 10.4. The first-order valence-corrected chi connectivity index (χ1v) is 8.73. The summed E-state index contributed by atoms with van der Waals surface area (Å²) in [6.45, 7) is 2.55. The molecule has 6 aliphatic rings. The van der Waals surface area contributed by atoms with E-state index in [0.29, 0.717) is 10.8 Å². The topological polar surface area (TPSA) is 20.2 Å². The molecule has 1 N–H and O–H groups in total. The van der Waals surface area contributed by atoms with Crippen molar-refractivity contribution in [3.8, 4) is 0 Å². The van der Waals surface area contributed by atoms with E-state index in [2.05, 4.69) is 6.92 Å². The summed E-state index contributed by atoms with van der Waals surface area (Å²) in [6, 6.07) is 0. The van der Waals surface area contributed by atoms with Gasteiger partial charge in [0.25, 0.3) is 0 Å². The Bertz CT molecular complexity index is 339. The minimum atomic E-state index is -0.251. The van der Waals surface area contributed by atoms with Crippen LogP contribution in [0.4, 0.5) is 0 Å². The summed E-state index contributed by atoms with van der Waals surface area (Å²) in [5, 5.41) is 10.4. The van der Waals surface area contributed by atoms with Crippen LogP contribution >= 0.6 is 0 Å². The highest BCUT2D eigenvalue weighted by Gasteiger charge is 2.51. The van der Waals surface area contributed by atoms with E-state index in [-0.39, 0.29) is 5.60 Å². The summed E-state index contributed by atoms with van der Waals surface area (Å²) < 4.78 is 0. The minimum Gasteiger partial charge on any atom is -0.390 e. The molecule has 0 spiro atoms. The van der Waals surface area contributed by atoms with E-state index < -0.39 is 0 Å². The highest BCUT2D eigenvalue weighted by Crippen LogP contribution is 2.60. The molecule has 1 unspecified atom stereocenters. The second kappa shape index (κ2) is 4.00. The number of rotatable bonds is 2. The van der Waals surface area contributed by atoms with Crippen LogP contribution in [0.1, 0.15) is 84.0 Å². The van der Waals surface area contributed by atoms with Gasteiger partial charge < -0.3 is 5.11 Å². The molecule has 19 heavy (non-hydrogen) atoms. The van der Waals surface area contributed by atoms with Gasteiger partial charge in [0.05, 0.1) is 5.60 Å². The van der Waals surface area contributed by atoms with Gasteiger partial charge in [-0.05, 0) is 99.7 Å². The molecule has 108 valence electrons. The van der Waals surface area contributed by atoms with Gasteiger partial charge >= 0.3 is 0 Å². The van der Waals surface area contributed by atoms with Gasteiger partial charge in [-0.15, -0.1) is 0 Å². The molecule has 0 heterocycles. The molecule has 1 nitrogen and oxygen atoms in total. The third kappa shape index (κ3) is 2.07. The fourth-order valence-electron chi connectivity index (χ4n) is 6.16. The molecule has 0 aliphatic heterocycles. The van der Waals surface area contributed by atoms with E-state index in [1.807, 2.05) is 0 Å². The quantitative estimate of drug-likeness (QED) is 0.766. The zero-order chi connectivity index (χ0) is 13.1. The van der Waals surface area contributed by atoms with Crippen molar-refractivity contribution >= 4 is 0 Å². The summed E-state index contributed by atoms with van der Waals surface area (Å²) >= 11 is 0. The Labute approximate surface area is 118 Å². The van der Waals surface area contributed by atoms with Crippen molar-refractivity contribution < 1.29 is 5.11 Å². The lowest BCUT2D eigenvalue weighted by molar-refractivity contribution is -0.109. The van der Waals surface area contributed by atoms with Crippen LogP contribution in [0.25, 0.3) is 0 Å². The molecule has 0 aromatic heterocycles. The molecule has 6 aliphatic carbocycles. The lowest BCUT2D eigenvalue weighted by Crippen LogP contribution is -2.48. The predicted octanol–water partition coefficient (Wildman–Crippen LogP) is 4.68. The minimum absolute atomic E-state index is 0.251. The van der Waals surface area contributed by atoms with Crippen molar-refractivity contribution in [3.05, 3.63) is 0 Å². The molecule has 0 amide bonds. The Hall–Kier alpha value is -0.0400. The standard InChI is InChI=1S/C18H30O/c1-16-4-2-14(3-5-16)15(12-16)13-17-6-9-18(19,10-7-17)11-8-17/h14-15,19H,2-13H2,1H3. The van der Waals surface area contributed by atoms with E-state index >= 15 is 0 Å². The average molecular weight is 262 g/mol. The van der Waals surface area contributed by atoms with E-state index in [1.165, 1.54) is 57.8 Å². The van der Waals surface area contributed by atoms with Crippen LogP contribution < -0.4 is 0 Å². The Kier molecular flexibility index (Phi) is 2.67. The normalized spacial score (nSPS) is 56.5. The summed E-state index contributed by atoms with van der Waals surface area (Å²) in [5.74, 6) is 2.08. The Balaban J connectivity index is 1.47. The highest BCUT2D eigenvalue weighted by atomic mass is 16.3. The summed E-state index contributed by atoms with van der Waals surface area (Å²) in [7, 11) is 0. The molecule has 4 bridgehead atoms. The highest BCUT2D eigenvalue weighted by molar-refractivity contribution is 5.03. The van der Waals surface area contributed by atoms with Crippen molar-refractivity contribution in [1.82, 2.24) is 0 Å². The van der Waals surface area contributed by atoms with Gasteiger partial charge in [-0.25, -0.2) is 0 Å². The van der Waals surface area contributed by atoms with Gasteiger partial charge in [-0.3, -0.25) is 0 Å². The second-order valence-corrected chi connectivity index (χ2v) is 9.04. The van der Waals surface area contributed by atoms with E-state index in [4.69, 9.17) is 0 Å². The van der Waals surface area contributed by atoms with Crippen molar-refractivity contribution in [2.45, 2.75) is 89.6 Å². The van der Waals surface area contributed by atoms with Crippen molar-refractivity contribution in [2.24, 2.45) is 22.7 Å². The molecule has 6 saturated carbocycles. The van der Waals surface area contributed by atoms with E-state index in [0.717, 1.165) is 31.1 Å². The fraction of sp³-hybridized carbons (Fsp3) is 1.00. The zero-order valence-corrected chi connectivity index (χ0v) is 12.6. The van der Waals surface area contributed by atoms with E-state index in [9.17, 15) is 5.11 Å². The molecule has 0 aromatic carbocycles. The molecule has 6 rings (SSSR count). The zero-order valence-electron chi connectivity index (χ0n) is 12.6. The number of hydrogen-bond acceptors (Lipinski definition) is 1. The third-order valence-electron chi connectivity index (χ3n) is 7.72. The summed E-state index contributed by atoms with van der Waals surface area (Å²) in [4.78, 5) is 0. The number of aliphatic hydroxyl groups is 1. The molecular formula is C18H30O. The number of hydrogen-bond donors (Lipinski definition) is 1. The monoisotopic (exact) mass is 262 g/mol. The first-order chi connectivity index (χ1) is 9.00. The molecule has 0 saturated heterocycles.